The number of nitrogens with one attached hydrogen (secondary N) is 1. The molecule has 0 bridgehead atoms. The number of carbonyl (C=O) groups excluding carboxylic acids is 1. The van der Waals surface area contributed by atoms with Crippen molar-refractivity contribution in [1.29, 1.82) is 0 Å². The van der Waals surface area contributed by atoms with E-state index in [2.05, 4.69) is 20.2 Å². The Morgan fingerprint density at radius 2 is 1.97 bits per heavy atom. The van der Waals surface area contributed by atoms with Gasteiger partial charge in [-0.25, -0.2) is 14.5 Å². The minimum Gasteiger partial charge on any atom is -0.490 e. The van der Waals surface area contributed by atoms with E-state index in [-0.39, 0.29) is 30.7 Å². The molecule has 1 aromatic heterocycles. The smallest absolute Gasteiger partial charge is 0.289 e. The zero-order valence-corrected chi connectivity index (χ0v) is 18.7. The van der Waals surface area contributed by atoms with Gasteiger partial charge in [-0.2, -0.15) is 5.10 Å². The Kier molecular flexibility index (Phi) is 7.28. The van der Waals surface area contributed by atoms with Gasteiger partial charge in [-0.05, 0) is 69.4 Å². The monoisotopic (exact) mass is 457 g/mol. The van der Waals surface area contributed by atoms with Crippen LogP contribution in [-0.2, 0) is 0 Å². The molecule has 2 N–H and O–H groups in total. The topological polar surface area (TPSA) is 93.6 Å². The average Bonchev–Trinajstić information content (AvgIpc) is 3.31. The molecule has 1 aromatic carbocycles. The molecule has 0 saturated heterocycles. The van der Waals surface area contributed by atoms with Crippen molar-refractivity contribution in [3.63, 3.8) is 0 Å². The number of halogens is 1. The van der Waals surface area contributed by atoms with Gasteiger partial charge in [0.25, 0.3) is 5.91 Å². The van der Waals surface area contributed by atoms with Crippen LogP contribution in [0.25, 0.3) is 4.85 Å². The molecule has 4 rings (SSSR count). The van der Waals surface area contributed by atoms with E-state index in [1.54, 1.807) is 22.9 Å². The molecule has 1 amide bonds. The van der Waals surface area contributed by atoms with Gasteiger partial charge in [0.2, 0.25) is 11.5 Å². The number of amides is 1. The highest BCUT2D eigenvalue weighted by atomic mass is 35.5. The molecule has 170 valence electrons. The van der Waals surface area contributed by atoms with Crippen molar-refractivity contribution in [3.05, 3.63) is 46.8 Å². The molecule has 2 aliphatic carbocycles. The second-order valence-electron chi connectivity index (χ2n) is 8.68. The Labute approximate surface area is 192 Å². The highest BCUT2D eigenvalue weighted by molar-refractivity contribution is 6.33. The van der Waals surface area contributed by atoms with Crippen LogP contribution in [0.4, 0.5) is 5.69 Å². The Hall–Kier alpha value is -2.63. The summed E-state index contributed by atoms with van der Waals surface area (Å²) in [4.78, 5) is 20.5. The molecule has 0 radical (unpaired) electrons. The first-order chi connectivity index (χ1) is 15.6. The fourth-order valence-electron chi connectivity index (χ4n) is 4.67. The summed E-state index contributed by atoms with van der Waals surface area (Å²) in [6.07, 6.45) is 8.48. The van der Waals surface area contributed by atoms with Gasteiger partial charge in [0, 0.05) is 12.6 Å². The van der Waals surface area contributed by atoms with Crippen molar-refractivity contribution in [2.75, 3.05) is 6.61 Å². The SMILES string of the molecule is [C-]#[N+]c1ccc(OC2CCC(NC(=O)c3ncnn3C3CCC(CO)CC3)CC2)cc1Cl. The van der Waals surface area contributed by atoms with Crippen molar-refractivity contribution >= 4 is 23.2 Å². The first-order valence-corrected chi connectivity index (χ1v) is 11.6. The zero-order valence-electron chi connectivity index (χ0n) is 17.9. The quantitative estimate of drug-likeness (QED) is 0.630. The molecule has 9 heteroatoms. The summed E-state index contributed by atoms with van der Waals surface area (Å²) in [6.45, 7) is 7.30. The third kappa shape index (κ3) is 5.22. The largest absolute Gasteiger partial charge is 0.490 e. The number of aromatic nitrogens is 3. The van der Waals surface area contributed by atoms with Gasteiger partial charge in [-0.15, -0.1) is 0 Å². The van der Waals surface area contributed by atoms with Gasteiger partial charge in [0.05, 0.1) is 23.7 Å². The summed E-state index contributed by atoms with van der Waals surface area (Å²) < 4.78 is 7.79. The minimum absolute atomic E-state index is 0.0587. The Bertz CT molecular complexity index is 972. The first-order valence-electron chi connectivity index (χ1n) is 11.2. The highest BCUT2D eigenvalue weighted by Crippen LogP contribution is 2.33. The van der Waals surface area contributed by atoms with E-state index in [0.29, 0.717) is 28.2 Å². The van der Waals surface area contributed by atoms with Gasteiger partial charge in [0.15, 0.2) is 0 Å². The molecule has 0 atom stereocenters. The molecule has 0 spiro atoms. The number of aliphatic hydroxyl groups excluding tert-OH is 1. The van der Waals surface area contributed by atoms with Crippen molar-refractivity contribution in [2.45, 2.75) is 69.6 Å². The second-order valence-corrected chi connectivity index (χ2v) is 9.08. The third-order valence-corrected chi connectivity index (χ3v) is 6.85. The normalized spacial score (nSPS) is 25.7. The molecule has 2 fully saturated rings. The van der Waals surface area contributed by atoms with Crippen LogP contribution in [0.15, 0.2) is 24.5 Å². The van der Waals surface area contributed by atoms with E-state index in [1.165, 1.54) is 6.33 Å². The molecule has 1 heterocycles. The first kappa shape index (κ1) is 22.6. The van der Waals surface area contributed by atoms with Crippen LogP contribution >= 0.6 is 11.6 Å². The lowest BCUT2D eigenvalue weighted by molar-refractivity contribution is 0.0870. The summed E-state index contributed by atoms with van der Waals surface area (Å²) in [5.41, 5.74) is 0.416. The van der Waals surface area contributed by atoms with Crippen molar-refractivity contribution in [3.8, 4) is 5.75 Å². The van der Waals surface area contributed by atoms with Crippen LogP contribution in [-0.4, -0.2) is 44.5 Å². The van der Waals surface area contributed by atoms with Gasteiger partial charge < -0.3 is 15.2 Å². The molecule has 2 saturated carbocycles. The van der Waals surface area contributed by atoms with E-state index < -0.39 is 0 Å². The zero-order chi connectivity index (χ0) is 22.5. The number of benzene rings is 1. The predicted molar refractivity (Wildman–Crippen MR) is 120 cm³/mol. The van der Waals surface area contributed by atoms with Crippen molar-refractivity contribution in [2.24, 2.45) is 5.92 Å². The number of carbonyl (C=O) groups is 1. The fourth-order valence-corrected chi connectivity index (χ4v) is 4.88. The number of rotatable bonds is 6. The van der Waals surface area contributed by atoms with Crippen LogP contribution in [0.1, 0.15) is 68.0 Å². The van der Waals surface area contributed by atoms with Crippen LogP contribution in [0.3, 0.4) is 0 Å². The van der Waals surface area contributed by atoms with Crippen LogP contribution in [0, 0.1) is 12.5 Å². The lowest BCUT2D eigenvalue weighted by atomic mass is 9.86. The molecular weight excluding hydrogens is 430 g/mol. The van der Waals surface area contributed by atoms with Crippen molar-refractivity contribution < 1.29 is 14.6 Å². The Morgan fingerprint density at radius 3 is 2.62 bits per heavy atom. The second kappa shape index (κ2) is 10.3. The number of hydrogen-bond donors (Lipinski definition) is 2. The molecule has 0 aliphatic heterocycles. The van der Waals surface area contributed by atoms with Gasteiger partial charge in [-0.3, -0.25) is 4.79 Å². The lowest BCUT2D eigenvalue weighted by Crippen LogP contribution is -2.41. The molecular formula is C23H28ClN5O3. The number of hydrogen-bond acceptors (Lipinski definition) is 5. The van der Waals surface area contributed by atoms with Crippen LogP contribution in [0.5, 0.6) is 5.75 Å². The van der Waals surface area contributed by atoms with E-state index in [9.17, 15) is 9.90 Å². The number of nitrogens with zero attached hydrogens (tertiary/aromatic N) is 4. The van der Waals surface area contributed by atoms with Gasteiger partial charge >= 0.3 is 0 Å². The maximum Gasteiger partial charge on any atom is 0.289 e. The van der Waals surface area contributed by atoms with E-state index >= 15 is 0 Å². The van der Waals surface area contributed by atoms with Gasteiger partial charge in [-0.1, -0.05) is 17.7 Å². The standard InChI is InChI=1S/C23H28ClN5O3/c1-25-21-11-10-19(12-20(21)24)32-18-8-4-16(5-9-18)28-23(31)22-26-14-27-29(22)17-6-2-15(13-30)3-7-17/h10-12,14-18,30H,2-9,13H2,(H,28,31). The third-order valence-electron chi connectivity index (χ3n) is 6.55. The minimum atomic E-state index is -0.183. The fraction of sp³-hybridized carbons (Fsp3) is 0.565. The summed E-state index contributed by atoms with van der Waals surface area (Å²) in [7, 11) is 0. The predicted octanol–water partition coefficient (Wildman–Crippen LogP) is 4.33. The summed E-state index contributed by atoms with van der Waals surface area (Å²) in [6, 6.07) is 5.36. The van der Waals surface area contributed by atoms with E-state index in [1.807, 2.05) is 0 Å². The summed E-state index contributed by atoms with van der Waals surface area (Å²) in [5, 5.41) is 17.2. The molecule has 2 aromatic rings. The number of ether oxygens (including phenoxy) is 1. The van der Waals surface area contributed by atoms with Gasteiger partial charge in [0.1, 0.15) is 12.1 Å². The molecule has 8 nitrogen and oxygen atoms in total. The summed E-state index contributed by atoms with van der Waals surface area (Å²) in [5.74, 6) is 1.20. The maximum absolute atomic E-state index is 12.9. The Balaban J connectivity index is 1.28. The number of aliphatic hydroxyl groups is 1. The summed E-state index contributed by atoms with van der Waals surface area (Å²) >= 11 is 6.09. The highest BCUT2D eigenvalue weighted by Gasteiger charge is 2.29. The van der Waals surface area contributed by atoms with Crippen molar-refractivity contribution in [1.82, 2.24) is 20.1 Å². The Morgan fingerprint density at radius 1 is 1.22 bits per heavy atom. The van der Waals surface area contributed by atoms with E-state index in [4.69, 9.17) is 22.9 Å². The molecule has 32 heavy (non-hydrogen) atoms. The maximum atomic E-state index is 12.9. The van der Waals surface area contributed by atoms with Crippen LogP contribution in [0.2, 0.25) is 5.02 Å². The molecule has 2 aliphatic rings. The molecule has 0 unspecified atom stereocenters. The van der Waals surface area contributed by atoms with Crippen LogP contribution < -0.4 is 10.1 Å². The van der Waals surface area contributed by atoms with E-state index in [0.717, 1.165) is 51.4 Å². The lowest BCUT2D eigenvalue weighted by Gasteiger charge is -2.30. The average molecular weight is 458 g/mol.